The third-order valence-electron chi connectivity index (χ3n) is 1.95. The number of nitrogens with one attached hydrogen (secondary N) is 1. The molecule has 1 heterocycles. The van der Waals surface area contributed by atoms with Crippen molar-refractivity contribution in [3.8, 4) is 0 Å². The maximum absolute atomic E-state index is 3.29. The summed E-state index contributed by atoms with van der Waals surface area (Å²) >= 11 is 0.360. The number of hydrogen-bond acceptors (Lipinski definition) is 0. The van der Waals surface area contributed by atoms with Crippen molar-refractivity contribution < 1.29 is 21.2 Å². The Bertz CT molecular complexity index is 378. The van der Waals surface area contributed by atoms with E-state index in [-0.39, 0.29) is 0 Å². The molecule has 0 aliphatic heterocycles. The Labute approximate surface area is 82.4 Å². The summed E-state index contributed by atoms with van der Waals surface area (Å²) < 4.78 is 1.28. The zero-order chi connectivity index (χ0) is 8.39. The van der Waals surface area contributed by atoms with Gasteiger partial charge in [-0.3, -0.25) is 0 Å². The molecule has 0 amide bonds. The average Bonchev–Trinajstić information content (AvgIpc) is 2.50. The van der Waals surface area contributed by atoms with Crippen molar-refractivity contribution in [2.75, 3.05) is 4.93 Å². The normalized spacial score (nSPS) is 11.1. The van der Waals surface area contributed by atoms with Gasteiger partial charge >= 0.3 is 82.5 Å². The van der Waals surface area contributed by atoms with Crippen molar-refractivity contribution in [3.63, 3.8) is 0 Å². The van der Waals surface area contributed by atoms with Crippen molar-refractivity contribution >= 4 is 10.9 Å². The molecule has 0 saturated carbocycles. The van der Waals surface area contributed by atoms with Gasteiger partial charge < -0.3 is 0 Å². The molecule has 64 valence electrons. The molecule has 2 rings (SSSR count). The molecular formula is C10H11IN-. The molecule has 1 N–H and O–H groups in total. The Morgan fingerprint density at radius 3 is 3.00 bits per heavy atom. The summed E-state index contributed by atoms with van der Waals surface area (Å²) in [6, 6.07) is 8.50. The summed E-state index contributed by atoms with van der Waals surface area (Å²) in [6.07, 6.45) is 2.15. The molecule has 1 nitrogen and oxygen atoms in total. The van der Waals surface area contributed by atoms with Crippen LogP contribution < -0.4 is 21.2 Å². The first-order chi connectivity index (χ1) is 5.92. The predicted molar refractivity (Wildman–Crippen MR) is 47.9 cm³/mol. The molecule has 2 heteroatoms. The molecule has 2 aromatic rings. The second-order valence-electron chi connectivity index (χ2n) is 2.76. The van der Waals surface area contributed by atoms with Gasteiger partial charge in [0.25, 0.3) is 0 Å². The number of alkyl halides is 2. The van der Waals surface area contributed by atoms with Gasteiger partial charge in [0.2, 0.25) is 0 Å². The van der Waals surface area contributed by atoms with Gasteiger partial charge in [0, 0.05) is 0 Å². The second-order valence-corrected chi connectivity index (χ2v) is 5.05. The van der Waals surface area contributed by atoms with Gasteiger partial charge in [0.05, 0.1) is 0 Å². The van der Waals surface area contributed by atoms with Crippen LogP contribution in [0.15, 0.2) is 30.5 Å². The van der Waals surface area contributed by atoms with Gasteiger partial charge in [-0.25, -0.2) is 0 Å². The van der Waals surface area contributed by atoms with E-state index in [1.54, 1.807) is 0 Å². The fourth-order valence-electron chi connectivity index (χ4n) is 1.39. The fourth-order valence-corrected chi connectivity index (χ4v) is 2.84. The topological polar surface area (TPSA) is 15.8 Å². The number of rotatable bonds is 2. The van der Waals surface area contributed by atoms with Crippen molar-refractivity contribution in [3.05, 3.63) is 36.0 Å². The molecule has 0 aliphatic rings. The van der Waals surface area contributed by atoms with Crippen LogP contribution in [0.2, 0.25) is 0 Å². The van der Waals surface area contributed by atoms with Crippen LogP contribution in [0, 0.1) is 0 Å². The molecule has 1 aromatic heterocycles. The van der Waals surface area contributed by atoms with E-state index in [1.807, 2.05) is 0 Å². The monoisotopic (exact) mass is 272 g/mol. The number of H-pyrrole nitrogens is 1. The van der Waals surface area contributed by atoms with E-state index in [0.29, 0.717) is 21.2 Å². The molecule has 0 bridgehead atoms. The van der Waals surface area contributed by atoms with Gasteiger partial charge in [0.15, 0.2) is 0 Å². The van der Waals surface area contributed by atoms with Crippen LogP contribution >= 0.6 is 0 Å². The van der Waals surface area contributed by atoms with Crippen LogP contribution in [0.1, 0.15) is 5.56 Å². The second kappa shape index (κ2) is 3.47. The number of halogens is 1. The number of aromatic nitrogens is 1. The summed E-state index contributed by atoms with van der Waals surface area (Å²) in [5, 5.41) is 1.40. The van der Waals surface area contributed by atoms with Crippen LogP contribution in [0.5, 0.6) is 0 Å². The van der Waals surface area contributed by atoms with E-state index in [1.165, 1.54) is 20.9 Å². The van der Waals surface area contributed by atoms with Crippen molar-refractivity contribution in [2.45, 2.75) is 4.43 Å². The van der Waals surface area contributed by atoms with Crippen LogP contribution in [0.3, 0.4) is 0 Å². The molecule has 0 atom stereocenters. The van der Waals surface area contributed by atoms with Gasteiger partial charge in [-0.15, -0.1) is 0 Å². The summed E-state index contributed by atoms with van der Waals surface area (Å²) in [6.45, 7) is 0. The van der Waals surface area contributed by atoms with Crippen LogP contribution in [0.4, 0.5) is 0 Å². The van der Waals surface area contributed by atoms with E-state index in [0.717, 1.165) is 0 Å². The molecule has 12 heavy (non-hydrogen) atoms. The van der Waals surface area contributed by atoms with Gasteiger partial charge in [-0.05, 0) is 0 Å². The van der Waals surface area contributed by atoms with Crippen LogP contribution in [-0.4, -0.2) is 9.91 Å². The minimum absolute atomic E-state index is 0.360. The third-order valence-corrected chi connectivity index (χ3v) is 3.54. The van der Waals surface area contributed by atoms with E-state index in [9.17, 15) is 0 Å². The first-order valence-electron chi connectivity index (χ1n) is 3.90. The Kier molecular flexibility index (Phi) is 2.35. The predicted octanol–water partition coefficient (Wildman–Crippen LogP) is -0.613. The first kappa shape index (κ1) is 8.10. The number of hydrogen-bond donors (Lipinski definition) is 1. The molecule has 0 aliphatic carbocycles. The third kappa shape index (κ3) is 1.35. The summed E-state index contributed by atoms with van der Waals surface area (Å²) in [5.41, 5.74) is 2.76. The van der Waals surface area contributed by atoms with Gasteiger partial charge in [0.1, 0.15) is 0 Å². The number of para-hydroxylation sites is 1. The zero-order valence-corrected chi connectivity index (χ0v) is 9.13. The van der Waals surface area contributed by atoms with Crippen LogP contribution in [-0.2, 0) is 4.43 Å². The van der Waals surface area contributed by atoms with E-state index in [4.69, 9.17) is 0 Å². The van der Waals surface area contributed by atoms with E-state index in [2.05, 4.69) is 40.4 Å². The van der Waals surface area contributed by atoms with Gasteiger partial charge in [-0.1, -0.05) is 0 Å². The zero-order valence-electron chi connectivity index (χ0n) is 6.97. The summed E-state index contributed by atoms with van der Waals surface area (Å²) in [7, 11) is 0. The van der Waals surface area contributed by atoms with Gasteiger partial charge in [-0.2, -0.15) is 0 Å². The van der Waals surface area contributed by atoms with Crippen molar-refractivity contribution in [2.24, 2.45) is 0 Å². The molecule has 0 fully saturated rings. The Morgan fingerprint density at radius 2 is 2.17 bits per heavy atom. The quantitative estimate of drug-likeness (QED) is 0.554. The summed E-state index contributed by atoms with van der Waals surface area (Å²) in [5.74, 6) is 0. The fraction of sp³-hybridized carbons (Fsp3) is 0.200. The van der Waals surface area contributed by atoms with Crippen molar-refractivity contribution in [1.29, 1.82) is 0 Å². The maximum atomic E-state index is 3.29. The Balaban J connectivity index is 2.55. The molecule has 0 radical (unpaired) electrons. The molecule has 0 unspecified atom stereocenters. The number of aromatic amines is 1. The molecule has 0 spiro atoms. The standard InChI is InChI=1S/C10H11IN/c1-11-6-8-7-12-10-5-3-2-4-9(8)10/h2-5,7,12H,6H2,1H3/q-1. The Hall–Kier alpha value is -0.510. The molecule has 1 aromatic carbocycles. The van der Waals surface area contributed by atoms with Crippen molar-refractivity contribution in [1.82, 2.24) is 4.98 Å². The SMILES string of the molecule is C[I-]Cc1c[nH]c2ccccc12. The first-order valence-corrected chi connectivity index (χ1v) is 7.59. The molecule has 0 saturated heterocycles. The Morgan fingerprint density at radius 1 is 1.33 bits per heavy atom. The van der Waals surface area contributed by atoms with E-state index >= 15 is 0 Å². The van der Waals surface area contributed by atoms with Crippen LogP contribution in [0.25, 0.3) is 10.9 Å². The average molecular weight is 272 g/mol. The van der Waals surface area contributed by atoms with E-state index < -0.39 is 0 Å². The molecular weight excluding hydrogens is 261 g/mol. The minimum atomic E-state index is 0.360. The number of benzene rings is 1. The number of fused-ring (bicyclic) bond motifs is 1. The summed E-state index contributed by atoms with van der Waals surface area (Å²) in [4.78, 5) is 5.61.